The van der Waals surface area contributed by atoms with E-state index in [0.29, 0.717) is 12.8 Å². The summed E-state index contributed by atoms with van der Waals surface area (Å²) in [5.74, 6) is -1.34. The lowest BCUT2D eigenvalue weighted by atomic mass is 10.2. The predicted molar refractivity (Wildman–Crippen MR) is 53.1 cm³/mol. The number of carbonyl (C=O) groups excluding carboxylic acids is 2. The van der Waals surface area contributed by atoms with Gasteiger partial charge in [-0.05, 0) is 13.3 Å². The van der Waals surface area contributed by atoms with Crippen LogP contribution in [0.25, 0.3) is 0 Å². The van der Waals surface area contributed by atoms with Crippen molar-refractivity contribution in [2.24, 2.45) is 0 Å². The maximum Gasteiger partial charge on any atom is 0.305 e. The Labute approximate surface area is 88.0 Å². The molecule has 2 amide bonds. The van der Waals surface area contributed by atoms with Crippen LogP contribution in [-0.4, -0.2) is 35.5 Å². The molecule has 0 spiro atoms. The van der Waals surface area contributed by atoms with E-state index in [1.165, 1.54) is 0 Å². The fraction of sp³-hybridized carbons (Fsp3) is 0.667. The van der Waals surface area contributed by atoms with E-state index in [-0.39, 0.29) is 12.3 Å². The molecule has 0 rings (SSSR count). The van der Waals surface area contributed by atoms with Gasteiger partial charge in [0.25, 0.3) is 0 Å². The predicted octanol–water partition coefficient (Wildman–Crippen LogP) is -0.510. The first-order chi connectivity index (χ1) is 7.01. The lowest BCUT2D eigenvalue weighted by Gasteiger charge is -2.17. The number of aliphatic carboxylic acids is 1. The van der Waals surface area contributed by atoms with Gasteiger partial charge in [0.15, 0.2) is 0 Å². The Balaban J connectivity index is 4.08. The fourth-order valence-electron chi connectivity index (χ4n) is 1.12. The number of rotatable bonds is 7. The number of amides is 2. The summed E-state index contributed by atoms with van der Waals surface area (Å²) in [6, 6.07) is -1.05. The maximum absolute atomic E-state index is 11.4. The van der Waals surface area contributed by atoms with Crippen LogP contribution in [0.1, 0.15) is 26.7 Å². The zero-order valence-corrected chi connectivity index (χ0v) is 8.82. The lowest BCUT2D eigenvalue weighted by Crippen LogP contribution is -2.46. The summed E-state index contributed by atoms with van der Waals surface area (Å²) >= 11 is 0. The molecule has 15 heavy (non-hydrogen) atoms. The Morgan fingerprint density at radius 1 is 1.47 bits per heavy atom. The third-order valence-corrected chi connectivity index (χ3v) is 1.86. The first kappa shape index (κ1) is 13.4. The van der Waals surface area contributed by atoms with E-state index < -0.39 is 18.1 Å². The minimum absolute atomic E-state index is 0.136. The normalized spacial score (nSPS) is 13.7. The molecule has 0 aliphatic carbocycles. The third-order valence-electron chi connectivity index (χ3n) is 1.86. The number of hydrogen-bond donors (Lipinski definition) is 3. The minimum atomic E-state index is -0.973. The third kappa shape index (κ3) is 5.66. The van der Waals surface area contributed by atoms with Crippen LogP contribution in [0.4, 0.5) is 0 Å². The molecule has 0 aromatic carbocycles. The summed E-state index contributed by atoms with van der Waals surface area (Å²) in [5, 5.41) is 13.3. The second kappa shape index (κ2) is 6.80. The molecule has 3 N–H and O–H groups in total. The van der Waals surface area contributed by atoms with Crippen molar-refractivity contribution in [2.45, 2.75) is 38.8 Å². The zero-order valence-electron chi connectivity index (χ0n) is 8.82. The Morgan fingerprint density at radius 2 is 2.07 bits per heavy atom. The van der Waals surface area contributed by atoms with E-state index in [1.807, 2.05) is 0 Å². The second-order valence-electron chi connectivity index (χ2n) is 3.25. The Hall–Kier alpha value is -1.59. The van der Waals surface area contributed by atoms with Crippen LogP contribution in [0.5, 0.6) is 0 Å². The summed E-state index contributed by atoms with van der Waals surface area (Å²) in [6.07, 6.45) is 0.781. The highest BCUT2D eigenvalue weighted by atomic mass is 16.4. The van der Waals surface area contributed by atoms with Gasteiger partial charge in [0, 0.05) is 6.04 Å². The standard InChI is InChI=1S/C9H16N2O4/c1-3-7(10-5-12)9(15)11-6(2)4-8(13)14/h5-7H,3-4H2,1-2H3,(H,10,12)(H,11,15)(H,13,14). The van der Waals surface area contributed by atoms with Gasteiger partial charge in [-0.15, -0.1) is 0 Å². The largest absolute Gasteiger partial charge is 0.481 e. The van der Waals surface area contributed by atoms with Crippen molar-refractivity contribution in [3.05, 3.63) is 0 Å². The highest BCUT2D eigenvalue weighted by Gasteiger charge is 2.18. The van der Waals surface area contributed by atoms with Crippen molar-refractivity contribution >= 4 is 18.3 Å². The smallest absolute Gasteiger partial charge is 0.305 e. The molecule has 0 radical (unpaired) electrons. The number of nitrogens with one attached hydrogen (secondary N) is 2. The van der Waals surface area contributed by atoms with Crippen LogP contribution in [0.2, 0.25) is 0 Å². The van der Waals surface area contributed by atoms with Gasteiger partial charge in [-0.25, -0.2) is 0 Å². The zero-order chi connectivity index (χ0) is 11.8. The molecule has 2 unspecified atom stereocenters. The van der Waals surface area contributed by atoms with Crippen molar-refractivity contribution in [3.63, 3.8) is 0 Å². The van der Waals surface area contributed by atoms with E-state index in [2.05, 4.69) is 10.6 Å². The van der Waals surface area contributed by atoms with E-state index in [1.54, 1.807) is 13.8 Å². The van der Waals surface area contributed by atoms with Crippen LogP contribution >= 0.6 is 0 Å². The fourth-order valence-corrected chi connectivity index (χ4v) is 1.12. The molecule has 0 aromatic rings. The Bertz CT molecular complexity index is 242. The average molecular weight is 216 g/mol. The maximum atomic E-state index is 11.4. The van der Waals surface area contributed by atoms with Crippen molar-refractivity contribution < 1.29 is 19.5 Å². The molecule has 2 atom stereocenters. The van der Waals surface area contributed by atoms with Gasteiger partial charge in [0.1, 0.15) is 6.04 Å². The summed E-state index contributed by atoms with van der Waals surface area (Å²) in [4.78, 5) is 31.9. The van der Waals surface area contributed by atoms with Gasteiger partial charge in [-0.1, -0.05) is 6.92 Å². The minimum Gasteiger partial charge on any atom is -0.481 e. The topological polar surface area (TPSA) is 95.5 Å². The van der Waals surface area contributed by atoms with Crippen LogP contribution in [0.3, 0.4) is 0 Å². The molecular formula is C9H16N2O4. The Kier molecular flexibility index (Phi) is 6.08. The Morgan fingerprint density at radius 3 is 2.47 bits per heavy atom. The first-order valence-electron chi connectivity index (χ1n) is 4.73. The van der Waals surface area contributed by atoms with E-state index in [0.717, 1.165) is 0 Å². The lowest BCUT2D eigenvalue weighted by molar-refractivity contribution is -0.137. The van der Waals surface area contributed by atoms with Crippen molar-refractivity contribution in [1.29, 1.82) is 0 Å². The van der Waals surface area contributed by atoms with E-state index in [9.17, 15) is 14.4 Å². The van der Waals surface area contributed by atoms with E-state index in [4.69, 9.17) is 5.11 Å². The van der Waals surface area contributed by atoms with Crippen LogP contribution < -0.4 is 10.6 Å². The van der Waals surface area contributed by atoms with Crippen molar-refractivity contribution in [1.82, 2.24) is 10.6 Å². The molecule has 6 heteroatoms. The quantitative estimate of drug-likeness (QED) is 0.499. The number of carboxylic acid groups (broad SMARTS) is 1. The van der Waals surface area contributed by atoms with Gasteiger partial charge in [-0.2, -0.15) is 0 Å². The van der Waals surface area contributed by atoms with Crippen LogP contribution in [-0.2, 0) is 14.4 Å². The molecule has 86 valence electrons. The molecule has 6 nitrogen and oxygen atoms in total. The van der Waals surface area contributed by atoms with Crippen LogP contribution in [0.15, 0.2) is 0 Å². The molecule has 0 aliphatic rings. The van der Waals surface area contributed by atoms with Gasteiger partial charge >= 0.3 is 5.97 Å². The molecular weight excluding hydrogens is 200 g/mol. The molecule has 0 saturated carbocycles. The number of carbonyl (C=O) groups is 3. The molecule has 0 saturated heterocycles. The average Bonchev–Trinajstić information content (AvgIpc) is 2.12. The summed E-state index contributed by atoms with van der Waals surface area (Å²) in [7, 11) is 0. The number of hydrogen-bond acceptors (Lipinski definition) is 3. The highest BCUT2D eigenvalue weighted by molar-refractivity contribution is 5.84. The van der Waals surface area contributed by atoms with Gasteiger partial charge in [0.2, 0.25) is 12.3 Å². The molecule has 0 fully saturated rings. The molecule has 0 aromatic heterocycles. The van der Waals surface area contributed by atoms with E-state index >= 15 is 0 Å². The summed E-state index contributed by atoms with van der Waals surface area (Å²) < 4.78 is 0. The molecule has 0 heterocycles. The van der Waals surface area contributed by atoms with Crippen molar-refractivity contribution in [2.75, 3.05) is 0 Å². The second-order valence-corrected chi connectivity index (χ2v) is 3.25. The van der Waals surface area contributed by atoms with Crippen molar-refractivity contribution in [3.8, 4) is 0 Å². The van der Waals surface area contributed by atoms with Gasteiger partial charge in [0.05, 0.1) is 6.42 Å². The highest BCUT2D eigenvalue weighted by Crippen LogP contribution is 1.94. The van der Waals surface area contributed by atoms with Crippen LogP contribution in [0, 0.1) is 0 Å². The van der Waals surface area contributed by atoms with Gasteiger partial charge in [-0.3, -0.25) is 14.4 Å². The summed E-state index contributed by atoms with van der Waals surface area (Å²) in [6.45, 7) is 3.35. The summed E-state index contributed by atoms with van der Waals surface area (Å²) in [5.41, 5.74) is 0. The molecule has 0 aliphatic heterocycles. The van der Waals surface area contributed by atoms with Gasteiger partial charge < -0.3 is 15.7 Å². The monoisotopic (exact) mass is 216 g/mol. The number of carboxylic acids is 1. The SMILES string of the molecule is CCC(NC=O)C(=O)NC(C)CC(=O)O. The first-order valence-corrected chi connectivity index (χ1v) is 4.73. The molecule has 0 bridgehead atoms.